The number of aromatic nitrogens is 2. The molecule has 0 spiro atoms. The van der Waals surface area contributed by atoms with Crippen LogP contribution in [0.15, 0.2) is 30.5 Å². The molecule has 1 N–H and O–H groups in total. The number of hydrogen-bond acceptors (Lipinski definition) is 4. The predicted molar refractivity (Wildman–Crippen MR) is 85.5 cm³/mol. The average molecular weight is 428 g/mol. The molecule has 1 fully saturated rings. The van der Waals surface area contributed by atoms with Crippen LogP contribution in [0.1, 0.15) is 29.9 Å². The molecule has 1 saturated heterocycles. The first-order valence-corrected chi connectivity index (χ1v) is 10.4. The van der Waals surface area contributed by atoms with Crippen molar-refractivity contribution in [3.05, 3.63) is 41.6 Å². The van der Waals surface area contributed by atoms with Crippen LogP contribution >= 0.6 is 0 Å². The Morgan fingerprint density at radius 3 is 2.78 bits per heavy atom. The van der Waals surface area contributed by atoms with Gasteiger partial charge in [0.25, 0.3) is 0 Å². The van der Waals surface area contributed by atoms with Gasteiger partial charge in [-0.2, -0.15) is 0 Å². The van der Waals surface area contributed by atoms with E-state index in [0.717, 1.165) is 5.69 Å². The monoisotopic (exact) mass is 428 g/mol. The third-order valence-corrected chi connectivity index (χ3v) is 5.06. The van der Waals surface area contributed by atoms with Gasteiger partial charge in [-0.05, 0) is 7.05 Å². The molecular weight excluding hydrogens is 405 g/mol. The molecule has 0 amide bonds. The van der Waals surface area contributed by atoms with E-state index in [1.54, 1.807) is 0 Å². The number of halogens is 1. The Morgan fingerprint density at radius 2 is 2.09 bits per heavy atom. The number of alkyl halides is 1. The van der Waals surface area contributed by atoms with E-state index in [0.29, 0.717) is 16.4 Å². The maximum atomic E-state index is 8.91. The molecule has 6 heteroatoms. The van der Waals surface area contributed by atoms with Gasteiger partial charge in [0.05, 0.1) is 0 Å². The molecule has 5 nitrogen and oxygen atoms in total. The first kappa shape index (κ1) is 16.7. The molecule has 2 aromatic rings. The molecular formula is C17H23IN3O2-. The molecule has 0 aliphatic carbocycles. The number of likely N-dealkylation sites (tertiary alicyclic amines) is 1. The molecule has 0 radical (unpaired) electrons. The third kappa shape index (κ3) is 4.05. The molecule has 126 valence electrons. The Balaban J connectivity index is 1.75. The number of nitrogens with zero attached hydrogens (tertiary/aromatic N) is 3. The van der Waals surface area contributed by atoms with Crippen molar-refractivity contribution in [1.29, 1.82) is 0 Å². The molecule has 23 heavy (non-hydrogen) atoms. The van der Waals surface area contributed by atoms with Crippen LogP contribution in [0.25, 0.3) is 5.69 Å². The first-order valence-electron chi connectivity index (χ1n) is 7.88. The molecule has 1 aromatic carbocycles. The molecule has 1 aromatic heterocycles. The Labute approximate surface area is 148 Å². The van der Waals surface area contributed by atoms with Crippen molar-refractivity contribution in [2.75, 3.05) is 24.8 Å². The molecule has 1 aliphatic heterocycles. The van der Waals surface area contributed by atoms with Gasteiger partial charge in [-0.15, -0.1) is 0 Å². The summed E-state index contributed by atoms with van der Waals surface area (Å²) in [5.74, 6) is 1.24. The second-order valence-corrected chi connectivity index (χ2v) is 7.40. The van der Waals surface area contributed by atoms with Gasteiger partial charge in [0.15, 0.2) is 0 Å². The van der Waals surface area contributed by atoms with Gasteiger partial charge in [0.1, 0.15) is 0 Å². The number of ether oxygens (including phenoxy) is 1. The van der Waals surface area contributed by atoms with Gasteiger partial charge >= 0.3 is 136 Å². The molecule has 0 bridgehead atoms. The normalized spacial score (nSPS) is 16.8. The van der Waals surface area contributed by atoms with Crippen LogP contribution in [0.4, 0.5) is 0 Å². The average Bonchev–Trinajstić information content (AvgIpc) is 3.02. The van der Waals surface area contributed by atoms with Crippen molar-refractivity contribution in [3.8, 4) is 11.6 Å². The minimum absolute atomic E-state index is 0.379. The van der Waals surface area contributed by atoms with Gasteiger partial charge in [0, 0.05) is 0 Å². The van der Waals surface area contributed by atoms with Crippen molar-refractivity contribution in [2.45, 2.75) is 25.7 Å². The van der Waals surface area contributed by atoms with E-state index in [9.17, 15) is 0 Å². The quantitative estimate of drug-likeness (QED) is 0.507. The van der Waals surface area contributed by atoms with Crippen LogP contribution in [0, 0.1) is 6.92 Å². The van der Waals surface area contributed by atoms with Crippen LogP contribution in [0.5, 0.6) is 5.88 Å². The summed E-state index contributed by atoms with van der Waals surface area (Å²) in [5, 5.41) is 4.43. The van der Waals surface area contributed by atoms with E-state index in [1.807, 2.05) is 16.9 Å². The van der Waals surface area contributed by atoms with Crippen LogP contribution in [0.2, 0.25) is 0 Å². The Kier molecular flexibility index (Phi) is 5.55. The van der Waals surface area contributed by atoms with Crippen LogP contribution in [0.3, 0.4) is 0 Å². The summed E-state index contributed by atoms with van der Waals surface area (Å²) in [6, 6.07) is 8.52. The van der Waals surface area contributed by atoms with E-state index in [2.05, 4.69) is 42.2 Å². The van der Waals surface area contributed by atoms with Crippen LogP contribution < -0.4 is 26.4 Å². The fraction of sp³-hybridized carbons (Fsp3) is 0.471. The van der Waals surface area contributed by atoms with Crippen molar-refractivity contribution < 1.29 is 29.8 Å². The zero-order valence-corrected chi connectivity index (χ0v) is 15.7. The summed E-state index contributed by atoms with van der Waals surface area (Å²) in [6.45, 7) is 4.49. The fourth-order valence-electron chi connectivity index (χ4n) is 3.13. The van der Waals surface area contributed by atoms with Gasteiger partial charge < -0.3 is 4.90 Å². The summed E-state index contributed by atoms with van der Waals surface area (Å²) in [6.07, 6.45) is 4.38. The zero-order valence-electron chi connectivity index (χ0n) is 13.6. The van der Waals surface area contributed by atoms with Crippen molar-refractivity contribution in [2.24, 2.45) is 0 Å². The second-order valence-electron chi connectivity index (χ2n) is 6.09. The third-order valence-electron chi connectivity index (χ3n) is 4.47. The van der Waals surface area contributed by atoms with E-state index in [1.165, 1.54) is 37.1 Å². The standard InChI is InChI=1S/C17H23IN3O2/c1-13-11-15(14-5-8-20(2)9-6-14)3-4-16(13)21-10-7-17(19-21)23-12-18-22/h3-4,7,10-11,14,22H,5-6,8-9,12H2,1-2H3/q-1. The summed E-state index contributed by atoms with van der Waals surface area (Å²) in [4.78, 5) is 2.40. The molecule has 1 aliphatic rings. The molecule has 3 rings (SSSR count). The zero-order chi connectivity index (χ0) is 16.2. The predicted octanol–water partition coefficient (Wildman–Crippen LogP) is -0.677. The number of piperidine rings is 1. The number of benzene rings is 1. The Morgan fingerprint density at radius 1 is 1.30 bits per heavy atom. The second kappa shape index (κ2) is 7.63. The Hall–Kier alpha value is -1.12. The summed E-state index contributed by atoms with van der Waals surface area (Å²) >= 11 is -0.861. The molecule has 0 saturated carbocycles. The van der Waals surface area contributed by atoms with E-state index < -0.39 is 21.6 Å². The molecule has 0 atom stereocenters. The maximum absolute atomic E-state index is 8.91. The van der Waals surface area contributed by atoms with Crippen LogP contribution in [-0.2, 0) is 0 Å². The number of aryl methyl sites for hydroxylation is 1. The van der Waals surface area contributed by atoms with Crippen molar-refractivity contribution in [3.63, 3.8) is 0 Å². The van der Waals surface area contributed by atoms with Gasteiger partial charge in [0.2, 0.25) is 0 Å². The summed E-state index contributed by atoms with van der Waals surface area (Å²) in [5.41, 5.74) is 3.74. The summed E-state index contributed by atoms with van der Waals surface area (Å²) in [7, 11) is 2.20. The van der Waals surface area contributed by atoms with Gasteiger partial charge in [-0.3, -0.25) is 0 Å². The van der Waals surface area contributed by atoms with Crippen LogP contribution in [-0.4, -0.2) is 42.9 Å². The first-order chi connectivity index (χ1) is 11.2. The van der Waals surface area contributed by atoms with Crippen molar-refractivity contribution >= 4 is 0 Å². The fourth-order valence-corrected chi connectivity index (χ4v) is 3.59. The SMILES string of the molecule is Cc1cc(C2CCN(C)CC2)ccc1-n1ccc(OC[I-]O)n1. The van der Waals surface area contributed by atoms with E-state index >= 15 is 0 Å². The van der Waals surface area contributed by atoms with Crippen molar-refractivity contribution in [1.82, 2.24) is 14.7 Å². The Bertz CT molecular complexity index is 651. The van der Waals surface area contributed by atoms with E-state index in [-0.39, 0.29) is 0 Å². The van der Waals surface area contributed by atoms with Gasteiger partial charge in [-0.1, -0.05) is 0 Å². The summed E-state index contributed by atoms with van der Waals surface area (Å²) < 4.78 is 16.5. The number of hydrogen-bond donors (Lipinski definition) is 1. The minimum atomic E-state index is -0.861. The molecule has 0 unspecified atom stereocenters. The number of rotatable bonds is 5. The topological polar surface area (TPSA) is 50.5 Å². The van der Waals surface area contributed by atoms with E-state index in [4.69, 9.17) is 8.17 Å². The van der Waals surface area contributed by atoms with Gasteiger partial charge in [-0.25, -0.2) is 0 Å². The molecule has 2 heterocycles.